The number of unbranched alkanes of at least 4 members (excludes halogenated alkanes) is 1. The number of nitrogens with zero attached hydrogens (tertiary/aromatic N) is 1. The van der Waals surface area contributed by atoms with Crippen LogP contribution in [-0.4, -0.2) is 56.1 Å². The number of amides is 1. The Labute approximate surface area is 141 Å². The molecule has 0 aliphatic carbocycles. The van der Waals surface area contributed by atoms with Crippen LogP contribution in [0.2, 0.25) is 0 Å². The van der Waals surface area contributed by atoms with Gasteiger partial charge in [0.15, 0.2) is 0 Å². The van der Waals surface area contributed by atoms with Gasteiger partial charge in [0.1, 0.15) is 5.60 Å². The average molecular weight is 327 g/mol. The van der Waals surface area contributed by atoms with Crippen molar-refractivity contribution in [3.63, 3.8) is 0 Å². The molecular formula is C18H33NO4. The fourth-order valence-electron chi connectivity index (χ4n) is 1.71. The van der Waals surface area contributed by atoms with Crippen LogP contribution in [0.5, 0.6) is 0 Å². The normalized spacial score (nSPS) is 11.1. The van der Waals surface area contributed by atoms with Crippen LogP contribution in [0.1, 0.15) is 53.4 Å². The Morgan fingerprint density at radius 1 is 1.04 bits per heavy atom. The highest BCUT2D eigenvalue weighted by Gasteiger charge is 2.21. The lowest BCUT2D eigenvalue weighted by molar-refractivity contribution is 0.0164. The highest BCUT2D eigenvalue weighted by Crippen LogP contribution is 2.10. The van der Waals surface area contributed by atoms with Gasteiger partial charge in [-0.1, -0.05) is 13.3 Å². The van der Waals surface area contributed by atoms with E-state index in [1.54, 1.807) is 4.90 Å². The van der Waals surface area contributed by atoms with Gasteiger partial charge in [0.25, 0.3) is 0 Å². The van der Waals surface area contributed by atoms with Crippen LogP contribution in [0.4, 0.5) is 4.79 Å². The molecule has 0 fully saturated rings. The predicted molar refractivity (Wildman–Crippen MR) is 92.4 cm³/mol. The standard InChI is InChI=1S/C18H33NO4/c1-6-8-11-19(17(20)23-18(3,4)5)12-16-22-15-10-14-21-13-9-7-2/h1H,7-16H2,2-5H3. The van der Waals surface area contributed by atoms with Crippen molar-refractivity contribution >= 4 is 6.09 Å². The summed E-state index contributed by atoms with van der Waals surface area (Å²) in [6.07, 6.45) is 8.54. The highest BCUT2D eigenvalue weighted by molar-refractivity contribution is 5.68. The molecule has 5 nitrogen and oxygen atoms in total. The SMILES string of the molecule is C#CCCN(CCOCCCOCCCC)C(=O)OC(C)(C)C. The molecular weight excluding hydrogens is 294 g/mol. The zero-order valence-electron chi connectivity index (χ0n) is 15.2. The van der Waals surface area contributed by atoms with Crippen LogP contribution < -0.4 is 0 Å². The van der Waals surface area contributed by atoms with E-state index in [1.807, 2.05) is 20.8 Å². The molecule has 0 saturated heterocycles. The quantitative estimate of drug-likeness (QED) is 0.407. The summed E-state index contributed by atoms with van der Waals surface area (Å²) in [7, 11) is 0. The van der Waals surface area contributed by atoms with E-state index in [4.69, 9.17) is 20.6 Å². The van der Waals surface area contributed by atoms with Crippen molar-refractivity contribution in [2.24, 2.45) is 0 Å². The fourth-order valence-corrected chi connectivity index (χ4v) is 1.71. The Hall–Kier alpha value is -1.25. The summed E-state index contributed by atoms with van der Waals surface area (Å²) in [6, 6.07) is 0. The van der Waals surface area contributed by atoms with E-state index in [1.165, 1.54) is 0 Å². The molecule has 0 unspecified atom stereocenters. The molecule has 0 N–H and O–H groups in total. The first-order valence-corrected chi connectivity index (χ1v) is 8.47. The van der Waals surface area contributed by atoms with E-state index in [0.29, 0.717) is 39.3 Å². The van der Waals surface area contributed by atoms with Gasteiger partial charge in [-0.3, -0.25) is 0 Å². The first-order chi connectivity index (χ1) is 10.9. The minimum absolute atomic E-state index is 0.348. The predicted octanol–water partition coefficient (Wildman–Crippen LogP) is 3.47. The lowest BCUT2D eigenvalue weighted by Crippen LogP contribution is -2.39. The van der Waals surface area contributed by atoms with Crippen molar-refractivity contribution < 1.29 is 19.0 Å². The summed E-state index contributed by atoms with van der Waals surface area (Å²) in [4.78, 5) is 13.7. The van der Waals surface area contributed by atoms with Gasteiger partial charge < -0.3 is 19.1 Å². The molecule has 0 aromatic rings. The monoisotopic (exact) mass is 327 g/mol. The second-order valence-electron chi connectivity index (χ2n) is 6.35. The number of hydrogen-bond donors (Lipinski definition) is 0. The van der Waals surface area contributed by atoms with Crippen molar-refractivity contribution in [1.29, 1.82) is 0 Å². The molecule has 0 saturated carbocycles. The smallest absolute Gasteiger partial charge is 0.410 e. The van der Waals surface area contributed by atoms with Crippen LogP contribution in [0.3, 0.4) is 0 Å². The molecule has 23 heavy (non-hydrogen) atoms. The lowest BCUT2D eigenvalue weighted by Gasteiger charge is -2.27. The molecule has 0 aliphatic heterocycles. The largest absolute Gasteiger partial charge is 0.444 e. The molecule has 1 amide bonds. The molecule has 134 valence electrons. The topological polar surface area (TPSA) is 48.0 Å². The Bertz CT molecular complexity index is 344. The van der Waals surface area contributed by atoms with Gasteiger partial charge >= 0.3 is 6.09 Å². The maximum atomic E-state index is 12.1. The molecule has 0 bridgehead atoms. The highest BCUT2D eigenvalue weighted by atomic mass is 16.6. The van der Waals surface area contributed by atoms with E-state index in [2.05, 4.69) is 12.8 Å². The van der Waals surface area contributed by atoms with Crippen molar-refractivity contribution in [2.45, 2.75) is 59.0 Å². The molecule has 0 heterocycles. The van der Waals surface area contributed by atoms with Crippen LogP contribution >= 0.6 is 0 Å². The van der Waals surface area contributed by atoms with Gasteiger partial charge in [-0.25, -0.2) is 4.79 Å². The molecule has 0 radical (unpaired) electrons. The van der Waals surface area contributed by atoms with Crippen LogP contribution in [0.25, 0.3) is 0 Å². The van der Waals surface area contributed by atoms with Gasteiger partial charge in [0.2, 0.25) is 0 Å². The van der Waals surface area contributed by atoms with Gasteiger partial charge in [0.05, 0.1) is 6.61 Å². The maximum Gasteiger partial charge on any atom is 0.410 e. The summed E-state index contributed by atoms with van der Waals surface area (Å²) < 4.78 is 16.4. The molecule has 5 heteroatoms. The number of terminal acetylenes is 1. The number of rotatable bonds is 12. The third-order valence-electron chi connectivity index (χ3n) is 2.90. The van der Waals surface area contributed by atoms with Gasteiger partial charge in [-0.15, -0.1) is 12.3 Å². The second kappa shape index (κ2) is 13.2. The summed E-state index contributed by atoms with van der Waals surface area (Å²) >= 11 is 0. The summed E-state index contributed by atoms with van der Waals surface area (Å²) in [5.41, 5.74) is -0.512. The summed E-state index contributed by atoms with van der Waals surface area (Å²) in [5.74, 6) is 2.54. The zero-order chi connectivity index (χ0) is 17.6. The van der Waals surface area contributed by atoms with E-state index < -0.39 is 5.60 Å². The van der Waals surface area contributed by atoms with Crippen molar-refractivity contribution in [3.05, 3.63) is 0 Å². The Morgan fingerprint density at radius 2 is 1.65 bits per heavy atom. The Balaban J connectivity index is 3.89. The van der Waals surface area contributed by atoms with Gasteiger partial charge in [-0.2, -0.15) is 0 Å². The Kier molecular flexibility index (Phi) is 12.5. The van der Waals surface area contributed by atoms with E-state index in [9.17, 15) is 4.79 Å². The van der Waals surface area contributed by atoms with Crippen molar-refractivity contribution in [2.75, 3.05) is 39.5 Å². The molecule has 0 rings (SSSR count). The zero-order valence-corrected chi connectivity index (χ0v) is 15.2. The first kappa shape index (κ1) is 21.8. The molecule has 0 aliphatic rings. The number of ether oxygens (including phenoxy) is 3. The minimum Gasteiger partial charge on any atom is -0.444 e. The van der Waals surface area contributed by atoms with Crippen LogP contribution in [0.15, 0.2) is 0 Å². The third kappa shape index (κ3) is 14.1. The van der Waals surface area contributed by atoms with Crippen molar-refractivity contribution in [3.8, 4) is 12.3 Å². The maximum absolute atomic E-state index is 12.1. The van der Waals surface area contributed by atoms with Crippen molar-refractivity contribution in [1.82, 2.24) is 4.90 Å². The fraction of sp³-hybridized carbons (Fsp3) is 0.833. The van der Waals surface area contributed by atoms with E-state index >= 15 is 0 Å². The number of carbonyl (C=O) groups is 1. The minimum atomic E-state index is -0.512. The summed E-state index contributed by atoms with van der Waals surface area (Å²) in [5, 5.41) is 0. The molecule has 0 aromatic heterocycles. The van der Waals surface area contributed by atoms with E-state index in [-0.39, 0.29) is 6.09 Å². The lowest BCUT2D eigenvalue weighted by atomic mass is 10.2. The first-order valence-electron chi connectivity index (χ1n) is 8.47. The number of carbonyl (C=O) groups excluding carboxylic acids is 1. The second-order valence-corrected chi connectivity index (χ2v) is 6.35. The van der Waals surface area contributed by atoms with E-state index in [0.717, 1.165) is 25.9 Å². The van der Waals surface area contributed by atoms with Gasteiger partial charge in [0, 0.05) is 39.3 Å². The molecule has 0 atom stereocenters. The number of hydrogen-bond acceptors (Lipinski definition) is 4. The Morgan fingerprint density at radius 3 is 2.22 bits per heavy atom. The average Bonchev–Trinajstić information content (AvgIpc) is 2.46. The molecule has 0 spiro atoms. The molecule has 0 aromatic carbocycles. The van der Waals surface area contributed by atoms with Gasteiger partial charge in [-0.05, 0) is 33.6 Å². The third-order valence-corrected chi connectivity index (χ3v) is 2.90. The van der Waals surface area contributed by atoms with Crippen LogP contribution in [0, 0.1) is 12.3 Å². The summed E-state index contributed by atoms with van der Waals surface area (Å²) in [6.45, 7) is 11.3. The van der Waals surface area contributed by atoms with Crippen LogP contribution in [-0.2, 0) is 14.2 Å².